The highest BCUT2D eigenvalue weighted by atomic mass is 35.5. The van der Waals surface area contributed by atoms with Gasteiger partial charge < -0.3 is 0 Å². The molecule has 1 atom stereocenters. The third-order valence-electron chi connectivity index (χ3n) is 4.16. The fourth-order valence-electron chi connectivity index (χ4n) is 2.80. The van der Waals surface area contributed by atoms with Gasteiger partial charge in [0.2, 0.25) is 0 Å². The molecule has 1 fully saturated rings. The predicted octanol–water partition coefficient (Wildman–Crippen LogP) is 1.84. The van der Waals surface area contributed by atoms with Gasteiger partial charge in [0, 0.05) is 19.1 Å². The van der Waals surface area contributed by atoms with Crippen molar-refractivity contribution in [1.29, 1.82) is 0 Å². The number of imide groups is 1. The number of fused-ring (bicyclic) bond motifs is 1. The SMILES string of the molecule is CC(=O)CSC1=[N+](Cc2ccc(Cl)cc2)C2C(=O)N(C)C(=O)N(C)C2=N1. The molecule has 7 nitrogen and oxygen atoms in total. The van der Waals surface area contributed by atoms with Crippen LogP contribution in [0.2, 0.25) is 5.02 Å². The molecular formula is C17H18ClN4O3S+. The molecule has 0 spiro atoms. The Labute approximate surface area is 160 Å². The number of carbonyl (C=O) groups is 3. The van der Waals surface area contributed by atoms with Crippen LogP contribution in [0.3, 0.4) is 0 Å². The summed E-state index contributed by atoms with van der Waals surface area (Å²) in [6, 6.07) is 6.20. The monoisotopic (exact) mass is 393 g/mol. The molecule has 2 aliphatic heterocycles. The topological polar surface area (TPSA) is 73.1 Å². The summed E-state index contributed by atoms with van der Waals surface area (Å²) in [7, 11) is 3.05. The quantitative estimate of drug-likeness (QED) is 0.731. The Balaban J connectivity index is 1.99. The molecule has 2 heterocycles. The number of halogens is 1. The van der Waals surface area contributed by atoms with Crippen LogP contribution in [0.15, 0.2) is 29.3 Å². The van der Waals surface area contributed by atoms with Crippen molar-refractivity contribution >= 4 is 52.1 Å². The van der Waals surface area contributed by atoms with Crippen molar-refractivity contribution in [2.45, 2.75) is 19.5 Å². The van der Waals surface area contributed by atoms with Gasteiger partial charge in [-0.2, -0.15) is 0 Å². The molecular weight excluding hydrogens is 376 g/mol. The van der Waals surface area contributed by atoms with E-state index in [0.29, 0.717) is 22.6 Å². The number of carbonyl (C=O) groups excluding carboxylic acids is 3. The van der Waals surface area contributed by atoms with E-state index in [2.05, 4.69) is 4.99 Å². The fourth-order valence-corrected chi connectivity index (χ4v) is 3.76. The smallest absolute Gasteiger partial charge is 0.299 e. The summed E-state index contributed by atoms with van der Waals surface area (Å²) in [4.78, 5) is 43.3. The standard InChI is InChI=1S/C17H18ClN4O3S/c1-10(23)9-26-16-19-14-13(15(24)21(3)17(25)20(14)2)22(16)8-11-4-6-12(18)7-5-11/h4-7,13H,8-9H2,1-3H3/q+1. The van der Waals surface area contributed by atoms with E-state index in [4.69, 9.17) is 11.6 Å². The molecule has 0 radical (unpaired) electrons. The Morgan fingerprint density at radius 3 is 2.50 bits per heavy atom. The molecule has 1 aromatic carbocycles. The third kappa shape index (κ3) is 3.39. The van der Waals surface area contributed by atoms with Crippen molar-refractivity contribution in [2.24, 2.45) is 4.99 Å². The summed E-state index contributed by atoms with van der Waals surface area (Å²) >= 11 is 7.21. The lowest BCUT2D eigenvalue weighted by Crippen LogP contribution is -2.61. The molecule has 2 aliphatic rings. The lowest BCUT2D eigenvalue weighted by Gasteiger charge is -2.30. The van der Waals surface area contributed by atoms with E-state index in [-0.39, 0.29) is 17.4 Å². The first-order valence-corrected chi connectivity index (χ1v) is 9.30. The zero-order chi connectivity index (χ0) is 19.0. The summed E-state index contributed by atoms with van der Waals surface area (Å²) in [6.45, 7) is 1.91. The van der Waals surface area contributed by atoms with E-state index < -0.39 is 12.1 Å². The zero-order valence-electron chi connectivity index (χ0n) is 14.6. The van der Waals surface area contributed by atoms with E-state index in [1.54, 1.807) is 19.2 Å². The second-order valence-electron chi connectivity index (χ2n) is 6.14. The van der Waals surface area contributed by atoms with Crippen molar-refractivity contribution in [3.8, 4) is 0 Å². The van der Waals surface area contributed by atoms with Crippen LogP contribution in [0.4, 0.5) is 4.79 Å². The number of hydrogen-bond acceptors (Lipinski definition) is 5. The highest BCUT2D eigenvalue weighted by molar-refractivity contribution is 8.14. The Bertz CT molecular complexity index is 850. The van der Waals surface area contributed by atoms with Crippen LogP contribution in [-0.2, 0) is 16.1 Å². The molecule has 3 amide bonds. The van der Waals surface area contributed by atoms with Crippen molar-refractivity contribution in [2.75, 3.05) is 19.8 Å². The maximum Gasteiger partial charge on any atom is 0.358 e. The maximum absolute atomic E-state index is 12.7. The Morgan fingerprint density at radius 1 is 1.23 bits per heavy atom. The number of benzene rings is 1. The van der Waals surface area contributed by atoms with E-state index in [1.807, 2.05) is 16.7 Å². The molecule has 1 aromatic rings. The molecule has 0 aromatic heterocycles. The number of thioether (sulfide) groups is 1. The number of aliphatic imine (C=N–C) groups is 1. The highest BCUT2D eigenvalue weighted by Crippen LogP contribution is 2.24. The van der Waals surface area contributed by atoms with Crippen LogP contribution < -0.4 is 0 Å². The lowest BCUT2D eigenvalue weighted by atomic mass is 10.1. The molecule has 1 saturated heterocycles. The first-order chi connectivity index (χ1) is 12.3. The largest absolute Gasteiger partial charge is 0.358 e. The second kappa shape index (κ2) is 7.20. The number of rotatable bonds is 4. The predicted molar refractivity (Wildman–Crippen MR) is 101 cm³/mol. The molecule has 0 saturated carbocycles. The zero-order valence-corrected chi connectivity index (χ0v) is 16.2. The molecule has 136 valence electrons. The minimum atomic E-state index is -0.687. The average Bonchev–Trinajstić information content (AvgIpc) is 2.96. The van der Waals surface area contributed by atoms with Crippen molar-refractivity contribution in [3.05, 3.63) is 34.9 Å². The molecule has 1 unspecified atom stereocenters. The number of ketones is 1. The normalized spacial score (nSPS) is 19.8. The van der Waals surface area contributed by atoms with Gasteiger partial charge in [0.25, 0.3) is 17.8 Å². The molecule has 9 heteroatoms. The average molecular weight is 394 g/mol. The first-order valence-electron chi connectivity index (χ1n) is 7.93. The first kappa shape index (κ1) is 18.6. The van der Waals surface area contributed by atoms with E-state index in [1.165, 1.54) is 30.6 Å². The summed E-state index contributed by atoms with van der Waals surface area (Å²) < 4.78 is 1.83. The fraction of sp³-hybridized carbons (Fsp3) is 0.353. The Morgan fingerprint density at radius 2 is 1.88 bits per heavy atom. The summed E-state index contributed by atoms with van der Waals surface area (Å²) in [5.41, 5.74) is 0.946. The summed E-state index contributed by atoms with van der Waals surface area (Å²) in [5, 5.41) is 1.18. The van der Waals surface area contributed by atoms with E-state index >= 15 is 0 Å². The van der Waals surface area contributed by atoms with Crippen LogP contribution in [0.25, 0.3) is 0 Å². The number of hydrogen-bond donors (Lipinski definition) is 0. The van der Waals surface area contributed by atoms with Gasteiger partial charge in [0.1, 0.15) is 12.3 Å². The van der Waals surface area contributed by atoms with Gasteiger partial charge in [-0.05, 0) is 41.4 Å². The van der Waals surface area contributed by atoms with E-state index in [0.717, 1.165) is 10.5 Å². The molecule has 26 heavy (non-hydrogen) atoms. The van der Waals surface area contributed by atoms with Crippen LogP contribution in [0, 0.1) is 0 Å². The number of nitrogens with zero attached hydrogens (tertiary/aromatic N) is 4. The van der Waals surface area contributed by atoms with Gasteiger partial charge in [-0.15, -0.1) is 0 Å². The third-order valence-corrected chi connectivity index (χ3v) is 5.55. The van der Waals surface area contributed by atoms with Gasteiger partial charge in [-0.1, -0.05) is 23.7 Å². The van der Waals surface area contributed by atoms with Crippen LogP contribution in [0.1, 0.15) is 12.5 Å². The minimum absolute atomic E-state index is 0.0110. The molecule has 0 bridgehead atoms. The van der Waals surface area contributed by atoms with Gasteiger partial charge in [-0.25, -0.2) is 9.37 Å². The number of Topliss-reactive ketones (excluding diaryl/α,β-unsaturated/α-hetero) is 1. The summed E-state index contributed by atoms with van der Waals surface area (Å²) in [5.74, 6) is 0.312. The van der Waals surface area contributed by atoms with Crippen LogP contribution in [0.5, 0.6) is 0 Å². The van der Waals surface area contributed by atoms with Crippen molar-refractivity contribution < 1.29 is 19.0 Å². The minimum Gasteiger partial charge on any atom is -0.299 e. The number of amidine groups is 2. The van der Waals surface area contributed by atoms with Crippen molar-refractivity contribution in [3.63, 3.8) is 0 Å². The van der Waals surface area contributed by atoms with E-state index in [9.17, 15) is 14.4 Å². The van der Waals surface area contributed by atoms with Gasteiger partial charge in [0.15, 0.2) is 0 Å². The molecule has 0 aliphatic carbocycles. The lowest BCUT2D eigenvalue weighted by molar-refractivity contribution is -0.548. The summed E-state index contributed by atoms with van der Waals surface area (Å²) in [6.07, 6.45) is 0. The number of amides is 3. The maximum atomic E-state index is 12.7. The Hall–Kier alpha value is -2.19. The van der Waals surface area contributed by atoms with Crippen LogP contribution in [-0.4, -0.2) is 69.0 Å². The van der Waals surface area contributed by atoms with Gasteiger partial charge in [-0.3, -0.25) is 19.4 Å². The Kier molecular flexibility index (Phi) is 5.15. The molecule has 3 rings (SSSR count). The second-order valence-corrected chi connectivity index (χ2v) is 7.52. The number of likely N-dealkylation sites (N-methyl/N-ethyl adjacent to an activating group) is 2. The number of urea groups is 1. The van der Waals surface area contributed by atoms with Gasteiger partial charge >= 0.3 is 11.2 Å². The highest BCUT2D eigenvalue weighted by Gasteiger charge is 2.53. The van der Waals surface area contributed by atoms with Gasteiger partial charge in [0.05, 0.1) is 5.75 Å². The van der Waals surface area contributed by atoms with Crippen LogP contribution >= 0.6 is 23.4 Å². The molecule has 0 N–H and O–H groups in total. The van der Waals surface area contributed by atoms with Crippen molar-refractivity contribution in [1.82, 2.24) is 9.80 Å².